The second kappa shape index (κ2) is 9.62. The second-order valence-electron chi connectivity index (χ2n) is 6.91. The smallest absolute Gasteiger partial charge is 0.417 e. The van der Waals surface area contributed by atoms with Gasteiger partial charge in [-0.3, -0.25) is 4.79 Å². The Hall–Kier alpha value is -4.75. The van der Waals surface area contributed by atoms with Gasteiger partial charge in [0.05, 0.1) is 18.4 Å². The molecule has 3 N–H and O–H groups in total. The van der Waals surface area contributed by atoms with Crippen molar-refractivity contribution in [3.63, 3.8) is 0 Å². The number of nitrogen functional groups attached to an aromatic ring is 1. The molecule has 0 spiro atoms. The summed E-state index contributed by atoms with van der Waals surface area (Å²) in [5.74, 6) is -0.355. The molecule has 0 aliphatic carbocycles. The highest BCUT2D eigenvalue weighted by atomic mass is 19.4. The number of nitrogens with zero attached hydrogens (tertiary/aromatic N) is 6. The second-order valence-corrected chi connectivity index (χ2v) is 6.91. The lowest BCUT2D eigenvalue weighted by molar-refractivity contribution is -0.137. The number of hydrogen-bond acceptors (Lipinski definition) is 9. The van der Waals surface area contributed by atoms with Crippen LogP contribution < -0.4 is 15.9 Å². The van der Waals surface area contributed by atoms with Crippen LogP contribution in [0.15, 0.2) is 58.3 Å². The van der Waals surface area contributed by atoms with Crippen LogP contribution >= 0.6 is 0 Å². The lowest BCUT2D eigenvalue weighted by atomic mass is 10.1. The largest absolute Gasteiger partial charge is 0.494 e. The molecule has 0 aliphatic heterocycles. The molecular formula is C21H17F3N8O3. The summed E-state index contributed by atoms with van der Waals surface area (Å²) in [5, 5.41) is 18.6. The number of hydrazone groups is 1. The number of amides is 1. The Morgan fingerprint density at radius 2 is 1.94 bits per heavy atom. The number of ether oxygens (including phenoxy) is 1. The minimum Gasteiger partial charge on any atom is -0.494 e. The maximum absolute atomic E-state index is 13.2. The van der Waals surface area contributed by atoms with Gasteiger partial charge in [-0.25, -0.2) is 10.1 Å². The maximum Gasteiger partial charge on any atom is 0.417 e. The van der Waals surface area contributed by atoms with Crippen LogP contribution in [-0.4, -0.2) is 44.0 Å². The summed E-state index contributed by atoms with van der Waals surface area (Å²) in [6.45, 7) is 2.30. The predicted octanol–water partition coefficient (Wildman–Crippen LogP) is 3.08. The van der Waals surface area contributed by atoms with Gasteiger partial charge in [0.1, 0.15) is 11.4 Å². The van der Waals surface area contributed by atoms with E-state index in [9.17, 15) is 18.0 Å². The molecule has 4 rings (SSSR count). The number of aromatic nitrogens is 5. The molecule has 0 fully saturated rings. The normalized spacial score (nSPS) is 11.7. The highest BCUT2D eigenvalue weighted by molar-refractivity contribution is 5.99. The Kier molecular flexibility index (Phi) is 6.44. The third-order valence-electron chi connectivity index (χ3n) is 4.66. The Balaban J connectivity index is 1.67. The molecule has 0 atom stereocenters. The van der Waals surface area contributed by atoms with E-state index in [-0.39, 0.29) is 28.6 Å². The molecule has 2 heterocycles. The molecule has 0 saturated heterocycles. The summed E-state index contributed by atoms with van der Waals surface area (Å²) in [5.41, 5.74) is 7.28. The highest BCUT2D eigenvalue weighted by Crippen LogP contribution is 2.31. The lowest BCUT2D eigenvalue weighted by Gasteiger charge is -2.09. The minimum absolute atomic E-state index is 0.0111. The quantitative estimate of drug-likeness (QED) is 0.299. The van der Waals surface area contributed by atoms with E-state index in [1.165, 1.54) is 18.2 Å². The Bertz CT molecular complexity index is 1360. The van der Waals surface area contributed by atoms with Crippen LogP contribution in [0.25, 0.3) is 17.1 Å². The number of rotatable bonds is 7. The van der Waals surface area contributed by atoms with E-state index >= 15 is 0 Å². The van der Waals surface area contributed by atoms with Gasteiger partial charge >= 0.3 is 6.18 Å². The zero-order valence-corrected chi connectivity index (χ0v) is 18.0. The molecule has 2 aromatic carbocycles. The van der Waals surface area contributed by atoms with E-state index in [4.69, 9.17) is 10.5 Å². The fourth-order valence-corrected chi connectivity index (χ4v) is 3.14. The van der Waals surface area contributed by atoms with Gasteiger partial charge < -0.3 is 10.5 Å². The van der Waals surface area contributed by atoms with Crippen molar-refractivity contribution in [1.82, 2.24) is 30.7 Å². The summed E-state index contributed by atoms with van der Waals surface area (Å²) in [7, 11) is 0. The first-order chi connectivity index (χ1) is 16.8. The highest BCUT2D eigenvalue weighted by Gasteiger charge is 2.32. The first-order valence-corrected chi connectivity index (χ1v) is 10.1. The van der Waals surface area contributed by atoms with E-state index in [1.54, 1.807) is 24.3 Å². The maximum atomic E-state index is 13.2. The molecule has 35 heavy (non-hydrogen) atoms. The van der Waals surface area contributed by atoms with Gasteiger partial charge in [0.25, 0.3) is 5.91 Å². The summed E-state index contributed by atoms with van der Waals surface area (Å²) >= 11 is 0. The van der Waals surface area contributed by atoms with Crippen molar-refractivity contribution in [2.24, 2.45) is 5.10 Å². The third-order valence-corrected chi connectivity index (χ3v) is 4.66. The van der Waals surface area contributed by atoms with Crippen molar-refractivity contribution >= 4 is 17.9 Å². The lowest BCUT2D eigenvalue weighted by Crippen LogP contribution is -2.20. The molecule has 0 radical (unpaired) electrons. The molecule has 2 aromatic heterocycles. The Labute approximate surface area is 195 Å². The minimum atomic E-state index is -4.58. The fourth-order valence-electron chi connectivity index (χ4n) is 3.14. The van der Waals surface area contributed by atoms with Crippen LogP contribution in [0.4, 0.5) is 19.0 Å². The number of anilines is 1. The van der Waals surface area contributed by atoms with Gasteiger partial charge in [-0.15, -0.1) is 5.10 Å². The first kappa shape index (κ1) is 23.4. The summed E-state index contributed by atoms with van der Waals surface area (Å²) in [4.78, 5) is 12.9. The molecule has 14 heteroatoms. The van der Waals surface area contributed by atoms with Crippen LogP contribution in [-0.2, 0) is 6.18 Å². The van der Waals surface area contributed by atoms with Gasteiger partial charge in [-0.1, -0.05) is 23.4 Å². The van der Waals surface area contributed by atoms with Crippen LogP contribution in [0.5, 0.6) is 5.75 Å². The molecule has 4 aromatic rings. The summed E-state index contributed by atoms with van der Waals surface area (Å²) in [6, 6.07) is 11.5. The van der Waals surface area contributed by atoms with E-state index < -0.39 is 17.6 Å². The number of carbonyl (C=O) groups is 1. The Morgan fingerprint density at radius 3 is 2.60 bits per heavy atom. The van der Waals surface area contributed by atoms with Gasteiger partial charge in [-0.2, -0.15) is 23.0 Å². The van der Waals surface area contributed by atoms with Crippen LogP contribution in [0.1, 0.15) is 28.5 Å². The third kappa shape index (κ3) is 4.95. The van der Waals surface area contributed by atoms with Crippen LogP contribution in [0.2, 0.25) is 0 Å². The SMILES string of the molecule is CCOc1ccc(-c2c(C(=O)NN=Cc3ccccc3C(F)(F)F)nnn2-c2nonc2N)cc1. The average molecular weight is 486 g/mol. The zero-order valence-electron chi connectivity index (χ0n) is 18.0. The fraction of sp³-hybridized carbons (Fsp3) is 0.143. The molecule has 1 amide bonds. The molecular weight excluding hydrogens is 469 g/mol. The van der Waals surface area contributed by atoms with Crippen LogP contribution in [0.3, 0.4) is 0 Å². The summed E-state index contributed by atoms with van der Waals surface area (Å²) < 4.78 is 50.7. The number of benzene rings is 2. The van der Waals surface area contributed by atoms with E-state index in [1.807, 2.05) is 6.92 Å². The first-order valence-electron chi connectivity index (χ1n) is 10.1. The molecule has 0 aliphatic rings. The molecule has 180 valence electrons. The van der Waals surface area contributed by atoms with Gasteiger partial charge in [0, 0.05) is 11.1 Å². The monoisotopic (exact) mass is 486 g/mol. The number of alkyl halides is 3. The number of nitrogens with two attached hydrogens (primary N) is 1. The molecule has 0 unspecified atom stereocenters. The van der Waals surface area contributed by atoms with Gasteiger partial charge in [0.15, 0.2) is 5.69 Å². The van der Waals surface area contributed by atoms with Crippen molar-refractivity contribution < 1.29 is 27.3 Å². The number of halogens is 3. The van der Waals surface area contributed by atoms with Crippen molar-refractivity contribution in [1.29, 1.82) is 0 Å². The van der Waals surface area contributed by atoms with E-state index in [2.05, 4.69) is 35.8 Å². The van der Waals surface area contributed by atoms with Crippen molar-refractivity contribution in [2.75, 3.05) is 12.3 Å². The topological polar surface area (TPSA) is 146 Å². The number of nitrogens with one attached hydrogen (secondary N) is 1. The van der Waals surface area contributed by atoms with Crippen LogP contribution in [0, 0.1) is 0 Å². The predicted molar refractivity (Wildman–Crippen MR) is 117 cm³/mol. The van der Waals surface area contributed by atoms with Gasteiger partial charge in [-0.05, 0) is 47.6 Å². The summed E-state index contributed by atoms with van der Waals surface area (Å²) in [6.07, 6.45) is -3.69. The molecule has 0 saturated carbocycles. The standard InChI is InChI=1S/C21H17F3N8O3/c1-2-34-14-9-7-12(8-10-14)17-16(27-31-32(17)19-18(25)29-35-30-19)20(33)28-26-11-13-5-3-4-6-15(13)21(22,23)24/h3-11H,2H2,1H3,(H2,25,29)(H,28,33). The molecule has 0 bridgehead atoms. The van der Waals surface area contributed by atoms with E-state index in [0.717, 1.165) is 17.0 Å². The molecule has 11 nitrogen and oxygen atoms in total. The van der Waals surface area contributed by atoms with Gasteiger partial charge in [0.2, 0.25) is 11.6 Å². The zero-order chi connectivity index (χ0) is 25.0. The van der Waals surface area contributed by atoms with Crippen molar-refractivity contribution in [2.45, 2.75) is 13.1 Å². The Morgan fingerprint density at radius 1 is 1.20 bits per heavy atom. The van der Waals surface area contributed by atoms with E-state index in [0.29, 0.717) is 17.9 Å². The van der Waals surface area contributed by atoms with Crippen molar-refractivity contribution in [3.8, 4) is 22.8 Å². The van der Waals surface area contributed by atoms with Crippen molar-refractivity contribution in [3.05, 3.63) is 65.4 Å². The number of hydrogen-bond donors (Lipinski definition) is 2. The average Bonchev–Trinajstić information content (AvgIpc) is 3.45. The number of carbonyl (C=O) groups excluding carboxylic acids is 1.